The highest BCUT2D eigenvalue weighted by Gasteiger charge is 2.22. The number of phenols is 1. The molecule has 0 atom stereocenters. The second-order valence-corrected chi connectivity index (χ2v) is 10.5. The van der Waals surface area contributed by atoms with E-state index in [1.54, 1.807) is 22.9 Å². The number of phenolic OH excluding ortho intramolecular Hbond substituents is 1. The summed E-state index contributed by atoms with van der Waals surface area (Å²) in [5, 5.41) is 13.2. The van der Waals surface area contributed by atoms with Crippen LogP contribution in [0.1, 0.15) is 0 Å². The van der Waals surface area contributed by atoms with Crippen molar-refractivity contribution in [3.05, 3.63) is 53.2 Å². The van der Waals surface area contributed by atoms with Gasteiger partial charge < -0.3 is 5.11 Å². The molecule has 3 N–H and O–H groups in total. The number of hydrogen-bond acceptors (Lipinski definition) is 7. The maximum Gasteiger partial charge on any atom is 0.271 e. The van der Waals surface area contributed by atoms with Crippen LogP contribution in [-0.4, -0.2) is 21.9 Å². The monoisotopic (exact) mass is 416 g/mol. The van der Waals surface area contributed by atoms with E-state index in [2.05, 4.69) is 9.44 Å². The summed E-state index contributed by atoms with van der Waals surface area (Å²) in [6.07, 6.45) is 0. The standard InChI is InChI=1S/C14H12N2O5S4/c17-11-5-1-4-10(15-24(18,19)12-6-2-8-22-12)14(11)16-25(20,21)13-7-3-9-23-13/h1-9,15-17H. The molecular formula is C14H12N2O5S4. The van der Waals surface area contributed by atoms with Crippen LogP contribution in [0, 0.1) is 0 Å². The largest absolute Gasteiger partial charge is 0.506 e. The highest BCUT2D eigenvalue weighted by molar-refractivity contribution is 7.95. The number of aromatic hydroxyl groups is 1. The van der Waals surface area contributed by atoms with Crippen LogP contribution in [0.5, 0.6) is 5.75 Å². The number of thiophene rings is 2. The highest BCUT2D eigenvalue weighted by atomic mass is 32.3. The van der Waals surface area contributed by atoms with E-state index in [4.69, 9.17) is 0 Å². The van der Waals surface area contributed by atoms with E-state index >= 15 is 0 Å². The molecule has 0 saturated carbocycles. The lowest BCUT2D eigenvalue weighted by molar-refractivity contribution is 0.478. The smallest absolute Gasteiger partial charge is 0.271 e. The maximum atomic E-state index is 12.4. The van der Waals surface area contributed by atoms with Gasteiger partial charge in [-0.15, -0.1) is 22.7 Å². The topological polar surface area (TPSA) is 113 Å². The molecule has 0 aliphatic rings. The Labute approximate surface area is 152 Å². The normalized spacial score (nSPS) is 12.0. The molecule has 11 heteroatoms. The van der Waals surface area contributed by atoms with Crippen molar-refractivity contribution in [2.75, 3.05) is 9.44 Å². The summed E-state index contributed by atoms with van der Waals surface area (Å²) < 4.78 is 54.1. The van der Waals surface area contributed by atoms with Crippen LogP contribution < -0.4 is 9.44 Å². The molecule has 3 rings (SSSR count). The second kappa shape index (κ2) is 6.67. The van der Waals surface area contributed by atoms with Gasteiger partial charge in [0.05, 0.1) is 5.69 Å². The molecule has 7 nitrogen and oxygen atoms in total. The molecule has 0 fully saturated rings. The minimum atomic E-state index is -3.95. The van der Waals surface area contributed by atoms with Gasteiger partial charge in [-0.25, -0.2) is 16.8 Å². The Hall–Kier alpha value is -2.08. The van der Waals surface area contributed by atoms with E-state index in [0.717, 1.165) is 22.7 Å². The molecule has 0 aliphatic heterocycles. The lowest BCUT2D eigenvalue weighted by Gasteiger charge is -2.14. The Morgan fingerprint density at radius 1 is 0.760 bits per heavy atom. The molecule has 25 heavy (non-hydrogen) atoms. The van der Waals surface area contributed by atoms with Gasteiger partial charge >= 0.3 is 0 Å². The number of para-hydroxylation sites is 1. The van der Waals surface area contributed by atoms with Gasteiger partial charge in [-0.1, -0.05) is 18.2 Å². The predicted octanol–water partition coefficient (Wildman–Crippen LogP) is 3.12. The molecule has 0 saturated heterocycles. The lowest BCUT2D eigenvalue weighted by atomic mass is 10.2. The van der Waals surface area contributed by atoms with E-state index in [9.17, 15) is 21.9 Å². The fourth-order valence-corrected chi connectivity index (χ4v) is 6.10. The maximum absolute atomic E-state index is 12.4. The zero-order valence-corrected chi connectivity index (χ0v) is 15.7. The van der Waals surface area contributed by atoms with Crippen LogP contribution >= 0.6 is 22.7 Å². The van der Waals surface area contributed by atoms with E-state index in [-0.39, 0.29) is 19.8 Å². The van der Waals surface area contributed by atoms with Gasteiger partial charge in [0.2, 0.25) is 0 Å². The molecule has 0 bridgehead atoms. The van der Waals surface area contributed by atoms with E-state index < -0.39 is 25.8 Å². The third-order valence-electron chi connectivity index (χ3n) is 3.04. The van der Waals surface area contributed by atoms with Crippen LogP contribution in [0.15, 0.2) is 61.6 Å². The minimum absolute atomic E-state index is 0.0443. The van der Waals surface area contributed by atoms with Crippen molar-refractivity contribution in [1.82, 2.24) is 0 Å². The first-order valence-electron chi connectivity index (χ1n) is 6.74. The molecule has 2 aromatic heterocycles. The van der Waals surface area contributed by atoms with Gasteiger partial charge in [0, 0.05) is 0 Å². The summed E-state index contributed by atoms with van der Waals surface area (Å²) in [4.78, 5) is 0. The van der Waals surface area contributed by atoms with E-state index in [1.165, 1.54) is 30.3 Å². The van der Waals surface area contributed by atoms with Crippen LogP contribution in [0.25, 0.3) is 0 Å². The molecular weight excluding hydrogens is 404 g/mol. The van der Waals surface area contributed by atoms with Crippen LogP contribution in [0.4, 0.5) is 11.4 Å². The number of hydrogen-bond donors (Lipinski definition) is 3. The van der Waals surface area contributed by atoms with Gasteiger partial charge in [-0.3, -0.25) is 9.44 Å². The lowest BCUT2D eigenvalue weighted by Crippen LogP contribution is -2.16. The third-order valence-corrected chi connectivity index (χ3v) is 8.55. The molecule has 0 unspecified atom stereocenters. The fourth-order valence-electron chi connectivity index (χ4n) is 1.94. The number of rotatable bonds is 6. The van der Waals surface area contributed by atoms with E-state index in [1.807, 2.05) is 0 Å². The minimum Gasteiger partial charge on any atom is -0.506 e. The van der Waals surface area contributed by atoms with Gasteiger partial charge in [0.25, 0.3) is 20.0 Å². The van der Waals surface area contributed by atoms with Gasteiger partial charge in [0.15, 0.2) is 0 Å². The van der Waals surface area contributed by atoms with Crippen molar-refractivity contribution < 1.29 is 21.9 Å². The molecule has 0 aliphatic carbocycles. The average Bonchev–Trinajstić information content (AvgIpc) is 3.23. The number of benzene rings is 1. The van der Waals surface area contributed by atoms with Crippen molar-refractivity contribution in [1.29, 1.82) is 0 Å². The SMILES string of the molecule is O=S(=O)(Nc1cccc(O)c1NS(=O)(=O)c1cccs1)c1cccs1. The number of nitrogens with one attached hydrogen (secondary N) is 2. The first kappa shape index (κ1) is 17.7. The van der Waals surface area contributed by atoms with Crippen molar-refractivity contribution in [3.8, 4) is 5.75 Å². The van der Waals surface area contributed by atoms with Gasteiger partial charge in [0.1, 0.15) is 19.9 Å². The molecule has 0 radical (unpaired) electrons. The first-order chi connectivity index (χ1) is 11.8. The molecule has 1 aromatic carbocycles. The molecule has 0 amide bonds. The predicted molar refractivity (Wildman–Crippen MR) is 98.4 cm³/mol. The number of anilines is 2. The zero-order chi connectivity index (χ0) is 18.1. The molecule has 2 heterocycles. The van der Waals surface area contributed by atoms with Crippen molar-refractivity contribution in [3.63, 3.8) is 0 Å². The van der Waals surface area contributed by atoms with Crippen molar-refractivity contribution >= 4 is 54.1 Å². The quantitative estimate of drug-likeness (QED) is 0.535. The second-order valence-electron chi connectivity index (χ2n) is 4.77. The Bertz CT molecular complexity index is 1070. The van der Waals surface area contributed by atoms with Crippen molar-refractivity contribution in [2.45, 2.75) is 8.42 Å². The Kier molecular flexibility index (Phi) is 4.73. The molecule has 132 valence electrons. The van der Waals surface area contributed by atoms with Gasteiger partial charge in [-0.05, 0) is 35.0 Å². The number of sulfonamides is 2. The highest BCUT2D eigenvalue weighted by Crippen LogP contribution is 2.35. The Morgan fingerprint density at radius 2 is 1.32 bits per heavy atom. The average molecular weight is 417 g/mol. The summed E-state index contributed by atoms with van der Waals surface area (Å²) in [5.74, 6) is -0.397. The summed E-state index contributed by atoms with van der Waals surface area (Å²) in [5.41, 5.74) is -0.315. The van der Waals surface area contributed by atoms with Crippen LogP contribution in [0.3, 0.4) is 0 Å². The third kappa shape index (κ3) is 3.79. The fraction of sp³-hybridized carbons (Fsp3) is 0. The molecule has 0 spiro atoms. The summed E-state index contributed by atoms with van der Waals surface area (Å²) in [6.45, 7) is 0. The summed E-state index contributed by atoms with van der Waals surface area (Å²) in [6, 6.07) is 10.0. The summed E-state index contributed by atoms with van der Waals surface area (Å²) >= 11 is 2.02. The van der Waals surface area contributed by atoms with E-state index in [0.29, 0.717) is 0 Å². The summed E-state index contributed by atoms with van der Waals surface area (Å²) in [7, 11) is -7.84. The first-order valence-corrected chi connectivity index (χ1v) is 11.5. The van der Waals surface area contributed by atoms with Crippen molar-refractivity contribution in [2.24, 2.45) is 0 Å². The van der Waals surface area contributed by atoms with Crippen LogP contribution in [0.2, 0.25) is 0 Å². The Morgan fingerprint density at radius 3 is 1.84 bits per heavy atom. The van der Waals surface area contributed by atoms with Crippen LogP contribution in [-0.2, 0) is 20.0 Å². The zero-order valence-electron chi connectivity index (χ0n) is 12.4. The Balaban J connectivity index is 1.99. The van der Waals surface area contributed by atoms with Gasteiger partial charge in [-0.2, -0.15) is 0 Å². The molecule has 3 aromatic rings.